The summed E-state index contributed by atoms with van der Waals surface area (Å²) in [7, 11) is 0. The Bertz CT molecular complexity index is 1360. The number of imidazole rings is 1. The number of aryl methyl sites for hydroxylation is 1. The molecule has 1 fully saturated rings. The second-order valence-electron chi connectivity index (χ2n) is 9.56. The maximum atomic E-state index is 13.4. The molecule has 0 amide bonds. The van der Waals surface area contributed by atoms with Crippen molar-refractivity contribution in [2.24, 2.45) is 0 Å². The summed E-state index contributed by atoms with van der Waals surface area (Å²) in [6, 6.07) is 20.4. The van der Waals surface area contributed by atoms with Gasteiger partial charge >= 0.3 is 0 Å². The third-order valence-corrected chi connectivity index (χ3v) is 7.03. The minimum atomic E-state index is -0.553. The maximum Gasteiger partial charge on any atom is 0.188 e. The summed E-state index contributed by atoms with van der Waals surface area (Å²) in [4.78, 5) is 26.2. The molecule has 196 valence electrons. The van der Waals surface area contributed by atoms with Gasteiger partial charge in [-0.15, -0.1) is 0 Å². The van der Waals surface area contributed by atoms with Crippen molar-refractivity contribution in [3.05, 3.63) is 102 Å². The number of halogens is 1. The van der Waals surface area contributed by atoms with Crippen LogP contribution in [0.1, 0.15) is 28.0 Å². The van der Waals surface area contributed by atoms with Crippen LogP contribution in [0.5, 0.6) is 0 Å². The zero-order valence-corrected chi connectivity index (χ0v) is 21.3. The van der Waals surface area contributed by atoms with E-state index in [0.29, 0.717) is 30.0 Å². The van der Waals surface area contributed by atoms with Crippen molar-refractivity contribution in [1.29, 1.82) is 0 Å². The van der Waals surface area contributed by atoms with E-state index < -0.39 is 6.61 Å². The molecule has 5 rings (SSSR count). The van der Waals surface area contributed by atoms with Crippen molar-refractivity contribution in [1.82, 2.24) is 19.4 Å². The van der Waals surface area contributed by atoms with Gasteiger partial charge in [-0.25, -0.2) is 9.37 Å². The number of hydrogen-bond acceptors (Lipinski definition) is 6. The highest BCUT2D eigenvalue weighted by molar-refractivity contribution is 5.97. The van der Waals surface area contributed by atoms with Gasteiger partial charge in [-0.05, 0) is 54.8 Å². The van der Waals surface area contributed by atoms with Gasteiger partial charge in [-0.2, -0.15) is 0 Å². The minimum Gasteiger partial charge on any atom is -0.388 e. The Kier molecular flexibility index (Phi) is 8.21. The summed E-state index contributed by atoms with van der Waals surface area (Å²) in [5.41, 5.74) is 4.34. The lowest BCUT2D eigenvalue weighted by molar-refractivity contribution is 0.0903. The Morgan fingerprint density at radius 2 is 1.76 bits per heavy atom. The molecule has 0 radical (unpaired) electrons. The summed E-state index contributed by atoms with van der Waals surface area (Å²) in [6.07, 6.45) is 5.23. The molecule has 0 bridgehead atoms. The lowest BCUT2D eigenvalue weighted by Crippen LogP contribution is -2.31. The number of carbonyl (C=O) groups is 1. The summed E-state index contributed by atoms with van der Waals surface area (Å²) in [6.45, 7) is 4.72. The van der Waals surface area contributed by atoms with E-state index in [2.05, 4.69) is 43.6 Å². The highest BCUT2D eigenvalue weighted by Crippen LogP contribution is 2.22. The van der Waals surface area contributed by atoms with Gasteiger partial charge in [0.1, 0.15) is 18.1 Å². The smallest absolute Gasteiger partial charge is 0.188 e. The summed E-state index contributed by atoms with van der Waals surface area (Å²) < 4.78 is 15.6. The molecule has 2 aromatic heterocycles. The molecule has 0 atom stereocenters. The molecule has 1 N–H and O–H groups in total. The maximum absolute atomic E-state index is 13.4. The molecule has 3 heterocycles. The van der Waals surface area contributed by atoms with Crippen molar-refractivity contribution in [2.75, 3.05) is 37.7 Å². The van der Waals surface area contributed by atoms with Crippen LogP contribution < -0.4 is 4.90 Å². The number of nitrogens with zero attached hydrogens (tertiary/aromatic N) is 5. The number of pyridine rings is 1. The summed E-state index contributed by atoms with van der Waals surface area (Å²) in [5.74, 6) is 0.0688. The number of benzene rings is 2. The second-order valence-corrected chi connectivity index (χ2v) is 9.56. The van der Waals surface area contributed by atoms with E-state index in [1.807, 2.05) is 12.3 Å². The first-order chi connectivity index (χ1) is 18.6. The minimum absolute atomic E-state index is 0.252. The Labute approximate surface area is 222 Å². The van der Waals surface area contributed by atoms with Crippen molar-refractivity contribution < 1.29 is 14.3 Å². The molecule has 1 aliphatic heterocycles. The molecule has 0 aliphatic carbocycles. The van der Waals surface area contributed by atoms with Gasteiger partial charge in [0.25, 0.3) is 0 Å². The van der Waals surface area contributed by atoms with Crippen molar-refractivity contribution in [3.63, 3.8) is 0 Å². The first-order valence-electron chi connectivity index (χ1n) is 13.0. The first-order valence-corrected chi connectivity index (χ1v) is 13.0. The molecule has 0 spiro atoms. The van der Waals surface area contributed by atoms with Crippen LogP contribution >= 0.6 is 0 Å². The van der Waals surface area contributed by atoms with Crippen LogP contribution in [0.3, 0.4) is 0 Å². The van der Waals surface area contributed by atoms with Gasteiger partial charge in [-0.1, -0.05) is 30.3 Å². The van der Waals surface area contributed by atoms with E-state index in [1.165, 1.54) is 17.8 Å². The average Bonchev–Trinajstić information content (AvgIpc) is 3.20. The quantitative estimate of drug-likeness (QED) is 0.338. The first kappa shape index (κ1) is 25.8. The summed E-state index contributed by atoms with van der Waals surface area (Å²) in [5, 5.41) is 9.31. The van der Waals surface area contributed by atoms with E-state index >= 15 is 0 Å². The van der Waals surface area contributed by atoms with Crippen LogP contribution in [0.2, 0.25) is 0 Å². The van der Waals surface area contributed by atoms with Crippen molar-refractivity contribution >= 4 is 11.5 Å². The SMILES string of the molecule is O=C(CO)c1ccnc(-c2ncc(CN3CCCN(c4ccccc4)CC3)n2CCc2ccc(F)cc2)c1. The Hall–Kier alpha value is -3.88. The lowest BCUT2D eigenvalue weighted by Gasteiger charge is -2.24. The number of aromatic nitrogens is 3. The molecule has 7 nitrogen and oxygen atoms in total. The van der Waals surface area contributed by atoms with E-state index in [9.17, 15) is 14.3 Å². The average molecular weight is 514 g/mol. The Morgan fingerprint density at radius 3 is 2.55 bits per heavy atom. The van der Waals surface area contributed by atoms with E-state index in [-0.39, 0.29) is 11.6 Å². The van der Waals surface area contributed by atoms with E-state index in [1.54, 1.807) is 30.5 Å². The van der Waals surface area contributed by atoms with Crippen LogP contribution in [0.25, 0.3) is 11.5 Å². The van der Waals surface area contributed by atoms with Crippen LogP contribution in [-0.2, 0) is 19.5 Å². The van der Waals surface area contributed by atoms with Crippen LogP contribution in [0.4, 0.5) is 10.1 Å². The molecular formula is C30H32FN5O2. The fourth-order valence-electron chi connectivity index (χ4n) is 4.96. The van der Waals surface area contributed by atoms with Crippen LogP contribution in [0, 0.1) is 5.82 Å². The molecule has 38 heavy (non-hydrogen) atoms. The van der Waals surface area contributed by atoms with Crippen LogP contribution in [-0.4, -0.2) is 63.1 Å². The Morgan fingerprint density at radius 1 is 0.947 bits per heavy atom. The number of para-hydroxylation sites is 1. The van der Waals surface area contributed by atoms with Gasteiger partial charge in [0, 0.05) is 56.7 Å². The van der Waals surface area contributed by atoms with E-state index in [4.69, 9.17) is 4.98 Å². The highest BCUT2D eigenvalue weighted by Gasteiger charge is 2.20. The standard InChI is InChI=1S/C30H32FN5O2/c31-25-9-7-23(8-10-25)12-16-36-27(20-33-30(36)28-19-24(11-13-32-28)29(38)22-37)21-34-14-4-15-35(18-17-34)26-5-2-1-3-6-26/h1-3,5-11,13,19-20,37H,4,12,14-18,21-22H2. The molecule has 0 saturated carbocycles. The number of anilines is 1. The number of aliphatic hydroxyl groups excluding tert-OH is 1. The van der Waals surface area contributed by atoms with Gasteiger partial charge in [0.05, 0.1) is 11.9 Å². The van der Waals surface area contributed by atoms with Gasteiger partial charge in [-0.3, -0.25) is 14.7 Å². The van der Waals surface area contributed by atoms with Gasteiger partial charge in [0.2, 0.25) is 0 Å². The fourth-order valence-corrected chi connectivity index (χ4v) is 4.96. The molecule has 1 aliphatic rings. The highest BCUT2D eigenvalue weighted by atomic mass is 19.1. The van der Waals surface area contributed by atoms with E-state index in [0.717, 1.165) is 50.4 Å². The molecule has 2 aromatic carbocycles. The fraction of sp³-hybridized carbons (Fsp3) is 0.300. The van der Waals surface area contributed by atoms with Crippen molar-refractivity contribution in [3.8, 4) is 11.5 Å². The number of carbonyl (C=O) groups excluding carboxylic acids is 1. The largest absolute Gasteiger partial charge is 0.388 e. The number of aliphatic hydroxyl groups is 1. The zero-order chi connectivity index (χ0) is 26.3. The third kappa shape index (κ3) is 6.15. The molecular weight excluding hydrogens is 481 g/mol. The topological polar surface area (TPSA) is 74.5 Å². The Balaban J connectivity index is 1.38. The predicted octanol–water partition coefficient (Wildman–Crippen LogP) is 4.21. The lowest BCUT2D eigenvalue weighted by atomic mass is 10.1. The number of ketones is 1. The van der Waals surface area contributed by atoms with Gasteiger partial charge < -0.3 is 14.6 Å². The molecule has 8 heteroatoms. The number of hydrogen-bond donors (Lipinski definition) is 1. The van der Waals surface area contributed by atoms with Gasteiger partial charge in [0.15, 0.2) is 11.6 Å². The number of Topliss-reactive ketones (excluding diaryl/α,β-unsaturated/α-hetero) is 1. The third-order valence-electron chi connectivity index (χ3n) is 7.03. The monoisotopic (exact) mass is 513 g/mol. The molecule has 1 saturated heterocycles. The number of rotatable bonds is 9. The normalized spacial score (nSPS) is 14.4. The second kappa shape index (κ2) is 12.1. The van der Waals surface area contributed by atoms with Crippen molar-refractivity contribution in [2.45, 2.75) is 25.9 Å². The summed E-state index contributed by atoms with van der Waals surface area (Å²) >= 11 is 0. The zero-order valence-electron chi connectivity index (χ0n) is 21.3. The molecule has 0 unspecified atom stereocenters. The van der Waals surface area contributed by atoms with Crippen LogP contribution in [0.15, 0.2) is 79.1 Å². The molecule has 4 aromatic rings. The predicted molar refractivity (Wildman–Crippen MR) is 146 cm³/mol.